The second-order valence-corrected chi connectivity index (χ2v) is 4.53. The number of imidazole rings is 1. The van der Waals surface area contributed by atoms with Crippen molar-refractivity contribution < 1.29 is 4.74 Å². The molecule has 0 aromatic carbocycles. The molecule has 0 unspecified atom stereocenters. The Labute approximate surface area is 114 Å². The van der Waals surface area contributed by atoms with E-state index in [9.17, 15) is 0 Å². The molecule has 104 valence electrons. The number of ether oxygens (including phenoxy) is 1. The zero-order valence-corrected chi connectivity index (χ0v) is 11.7. The van der Waals surface area contributed by atoms with E-state index in [0.29, 0.717) is 0 Å². The van der Waals surface area contributed by atoms with E-state index in [1.165, 1.54) is 5.69 Å². The summed E-state index contributed by atoms with van der Waals surface area (Å²) in [5, 5.41) is 3.37. The van der Waals surface area contributed by atoms with Crippen LogP contribution in [0.25, 0.3) is 0 Å². The SMILES string of the molecule is COCCNCc1cccn1CCn1ccnc1C. The van der Waals surface area contributed by atoms with Crippen molar-refractivity contribution in [1.29, 1.82) is 0 Å². The van der Waals surface area contributed by atoms with Crippen molar-refractivity contribution in [3.63, 3.8) is 0 Å². The molecule has 0 aliphatic rings. The zero-order valence-electron chi connectivity index (χ0n) is 11.7. The molecule has 0 aliphatic heterocycles. The first-order valence-corrected chi connectivity index (χ1v) is 6.62. The Bertz CT molecular complexity index is 489. The van der Waals surface area contributed by atoms with Crippen LogP contribution in [0, 0.1) is 6.92 Å². The molecule has 5 heteroatoms. The van der Waals surface area contributed by atoms with E-state index in [1.54, 1.807) is 7.11 Å². The van der Waals surface area contributed by atoms with Crippen LogP contribution >= 0.6 is 0 Å². The van der Waals surface area contributed by atoms with Crippen LogP contribution in [0.2, 0.25) is 0 Å². The lowest BCUT2D eigenvalue weighted by atomic mass is 10.4. The molecule has 0 aliphatic carbocycles. The predicted octanol–water partition coefficient (Wildman–Crippen LogP) is 1.43. The van der Waals surface area contributed by atoms with Crippen molar-refractivity contribution in [3.8, 4) is 0 Å². The Morgan fingerprint density at radius 2 is 2.11 bits per heavy atom. The minimum atomic E-state index is 0.745. The van der Waals surface area contributed by atoms with Gasteiger partial charge < -0.3 is 19.2 Å². The maximum absolute atomic E-state index is 5.02. The molecule has 0 atom stereocenters. The third-order valence-corrected chi connectivity index (χ3v) is 3.22. The van der Waals surface area contributed by atoms with E-state index < -0.39 is 0 Å². The maximum atomic E-state index is 5.02. The van der Waals surface area contributed by atoms with Gasteiger partial charge in [0.05, 0.1) is 6.61 Å². The van der Waals surface area contributed by atoms with Gasteiger partial charge in [-0.2, -0.15) is 0 Å². The van der Waals surface area contributed by atoms with Crippen LogP contribution in [0.3, 0.4) is 0 Å². The lowest BCUT2D eigenvalue weighted by Crippen LogP contribution is -2.21. The van der Waals surface area contributed by atoms with Crippen LogP contribution in [-0.2, 0) is 24.4 Å². The minimum Gasteiger partial charge on any atom is -0.383 e. The molecule has 5 nitrogen and oxygen atoms in total. The first-order valence-electron chi connectivity index (χ1n) is 6.62. The highest BCUT2D eigenvalue weighted by molar-refractivity contribution is 5.07. The summed E-state index contributed by atoms with van der Waals surface area (Å²) < 4.78 is 9.47. The van der Waals surface area contributed by atoms with Gasteiger partial charge in [0.15, 0.2) is 0 Å². The molecular weight excluding hydrogens is 240 g/mol. The number of hydrogen-bond donors (Lipinski definition) is 1. The van der Waals surface area contributed by atoms with Crippen molar-refractivity contribution in [2.75, 3.05) is 20.3 Å². The van der Waals surface area contributed by atoms with Gasteiger partial charge in [-0.05, 0) is 19.1 Å². The minimum absolute atomic E-state index is 0.745. The van der Waals surface area contributed by atoms with Gasteiger partial charge in [-0.3, -0.25) is 0 Å². The van der Waals surface area contributed by atoms with Crippen molar-refractivity contribution in [2.45, 2.75) is 26.6 Å². The molecule has 0 radical (unpaired) electrons. The second-order valence-electron chi connectivity index (χ2n) is 4.53. The molecule has 2 heterocycles. The average Bonchev–Trinajstić information content (AvgIpc) is 3.01. The monoisotopic (exact) mass is 262 g/mol. The summed E-state index contributed by atoms with van der Waals surface area (Å²) in [4.78, 5) is 4.24. The Morgan fingerprint density at radius 3 is 2.84 bits per heavy atom. The van der Waals surface area contributed by atoms with E-state index in [0.717, 1.165) is 38.6 Å². The molecule has 0 spiro atoms. The summed E-state index contributed by atoms with van der Waals surface area (Å²) in [6.07, 6.45) is 5.99. The molecule has 0 saturated carbocycles. The fraction of sp³-hybridized carbons (Fsp3) is 0.500. The number of rotatable bonds is 8. The second kappa shape index (κ2) is 7.11. The molecule has 0 amide bonds. The smallest absolute Gasteiger partial charge is 0.105 e. The molecular formula is C14H22N4O. The van der Waals surface area contributed by atoms with Crippen LogP contribution in [0.4, 0.5) is 0 Å². The molecule has 1 N–H and O–H groups in total. The quantitative estimate of drug-likeness (QED) is 0.732. The highest BCUT2D eigenvalue weighted by Crippen LogP contribution is 2.04. The summed E-state index contributed by atoms with van der Waals surface area (Å²) in [6, 6.07) is 4.24. The molecule has 2 rings (SSSR count). The van der Waals surface area contributed by atoms with Gasteiger partial charge in [-0.25, -0.2) is 4.98 Å². The van der Waals surface area contributed by atoms with Crippen LogP contribution in [0.5, 0.6) is 0 Å². The van der Waals surface area contributed by atoms with E-state index in [2.05, 4.69) is 37.8 Å². The van der Waals surface area contributed by atoms with Crippen molar-refractivity contribution in [1.82, 2.24) is 19.4 Å². The standard InChI is InChI=1S/C14H22N4O/c1-13-16-5-8-17(13)9-10-18-7-3-4-14(18)12-15-6-11-19-2/h3-5,7-8,15H,6,9-12H2,1-2H3. The van der Waals surface area contributed by atoms with E-state index in [1.807, 2.05) is 19.3 Å². The topological polar surface area (TPSA) is 44.0 Å². The van der Waals surface area contributed by atoms with Gasteiger partial charge in [0.1, 0.15) is 5.82 Å². The summed E-state index contributed by atoms with van der Waals surface area (Å²) in [7, 11) is 1.72. The largest absolute Gasteiger partial charge is 0.383 e. The van der Waals surface area contributed by atoms with Gasteiger partial charge in [0.25, 0.3) is 0 Å². The number of aromatic nitrogens is 3. The average molecular weight is 262 g/mol. The van der Waals surface area contributed by atoms with Crippen LogP contribution < -0.4 is 5.32 Å². The normalized spacial score (nSPS) is 11.1. The lowest BCUT2D eigenvalue weighted by molar-refractivity contribution is 0.199. The zero-order chi connectivity index (χ0) is 13.5. The van der Waals surface area contributed by atoms with E-state index in [-0.39, 0.29) is 0 Å². The number of nitrogens with zero attached hydrogens (tertiary/aromatic N) is 3. The van der Waals surface area contributed by atoms with Crippen molar-refractivity contribution >= 4 is 0 Å². The summed E-state index contributed by atoms with van der Waals surface area (Å²) in [5.74, 6) is 1.06. The van der Waals surface area contributed by atoms with Gasteiger partial charge in [0, 0.05) is 57.6 Å². The van der Waals surface area contributed by atoms with Gasteiger partial charge in [-0.15, -0.1) is 0 Å². The Hall–Kier alpha value is -1.59. The van der Waals surface area contributed by atoms with Gasteiger partial charge in [0.2, 0.25) is 0 Å². The van der Waals surface area contributed by atoms with Crippen LogP contribution in [0.15, 0.2) is 30.7 Å². The highest BCUT2D eigenvalue weighted by Gasteiger charge is 2.02. The Balaban J connectivity index is 1.83. The number of aryl methyl sites for hydroxylation is 3. The van der Waals surface area contributed by atoms with Crippen LogP contribution in [0.1, 0.15) is 11.5 Å². The first kappa shape index (κ1) is 13.8. The van der Waals surface area contributed by atoms with Crippen molar-refractivity contribution in [3.05, 3.63) is 42.2 Å². The van der Waals surface area contributed by atoms with Crippen LogP contribution in [-0.4, -0.2) is 34.4 Å². The molecule has 2 aromatic rings. The first-order chi connectivity index (χ1) is 9.31. The fourth-order valence-corrected chi connectivity index (χ4v) is 2.07. The van der Waals surface area contributed by atoms with E-state index in [4.69, 9.17) is 4.74 Å². The maximum Gasteiger partial charge on any atom is 0.105 e. The number of nitrogens with one attached hydrogen (secondary N) is 1. The fourth-order valence-electron chi connectivity index (χ4n) is 2.07. The van der Waals surface area contributed by atoms with Gasteiger partial charge in [-0.1, -0.05) is 0 Å². The number of hydrogen-bond acceptors (Lipinski definition) is 3. The molecule has 2 aromatic heterocycles. The third-order valence-electron chi connectivity index (χ3n) is 3.22. The summed E-state index contributed by atoms with van der Waals surface area (Å²) in [5.41, 5.74) is 1.30. The lowest BCUT2D eigenvalue weighted by Gasteiger charge is -2.11. The molecule has 19 heavy (non-hydrogen) atoms. The highest BCUT2D eigenvalue weighted by atomic mass is 16.5. The summed E-state index contributed by atoms with van der Waals surface area (Å²) in [6.45, 7) is 6.44. The van der Waals surface area contributed by atoms with Crippen molar-refractivity contribution in [2.24, 2.45) is 0 Å². The van der Waals surface area contributed by atoms with E-state index >= 15 is 0 Å². The molecule has 0 fully saturated rings. The Morgan fingerprint density at radius 1 is 1.26 bits per heavy atom. The number of methoxy groups -OCH3 is 1. The third kappa shape index (κ3) is 3.94. The molecule has 0 bridgehead atoms. The predicted molar refractivity (Wildman–Crippen MR) is 75.0 cm³/mol. The Kier molecular flexibility index (Phi) is 5.18. The van der Waals surface area contributed by atoms with Gasteiger partial charge >= 0.3 is 0 Å². The molecule has 0 saturated heterocycles. The summed E-state index contributed by atoms with van der Waals surface area (Å²) >= 11 is 0.